The molecular weight excluding hydrogens is 430 g/mol. The van der Waals surface area contributed by atoms with Crippen LogP contribution in [-0.2, 0) is 16.1 Å². The van der Waals surface area contributed by atoms with Crippen LogP contribution < -0.4 is 9.47 Å². The van der Waals surface area contributed by atoms with Crippen LogP contribution in [0.1, 0.15) is 15.2 Å². The number of hydrogen-bond donors (Lipinski definition) is 0. The summed E-state index contributed by atoms with van der Waals surface area (Å²) in [4.78, 5) is 32.7. The molecule has 0 radical (unpaired) electrons. The highest BCUT2D eigenvalue weighted by Gasteiger charge is 2.24. The Morgan fingerprint density at radius 1 is 1.00 bits per heavy atom. The minimum absolute atomic E-state index is 0.0185. The average molecular weight is 460 g/mol. The highest BCUT2D eigenvalue weighted by atomic mass is 32.1. The minimum Gasteiger partial charge on any atom is -0.493 e. The molecule has 0 saturated carbocycles. The molecule has 0 bridgehead atoms. The number of piperazine rings is 1. The first-order valence-electron chi connectivity index (χ1n) is 10.8. The zero-order valence-corrected chi connectivity index (χ0v) is 19.1. The van der Waals surface area contributed by atoms with E-state index in [9.17, 15) is 9.59 Å². The minimum atomic E-state index is -0.0871. The van der Waals surface area contributed by atoms with Gasteiger partial charge in [0, 0.05) is 56.3 Å². The topological polar surface area (TPSA) is 71.6 Å². The van der Waals surface area contributed by atoms with Crippen LogP contribution in [0.2, 0.25) is 0 Å². The van der Waals surface area contributed by atoms with Gasteiger partial charge in [-0.05, 0) is 29.6 Å². The molecule has 172 valence electrons. The molecule has 2 aliphatic rings. The number of methoxy groups -OCH3 is 1. The van der Waals surface area contributed by atoms with Crippen molar-refractivity contribution < 1.29 is 23.8 Å². The molecule has 1 aromatic carbocycles. The van der Waals surface area contributed by atoms with E-state index in [0.717, 1.165) is 19.6 Å². The van der Waals surface area contributed by atoms with Crippen molar-refractivity contribution >= 4 is 23.2 Å². The first-order chi connectivity index (χ1) is 15.6. The lowest BCUT2D eigenvalue weighted by atomic mass is 10.1. The van der Waals surface area contributed by atoms with Gasteiger partial charge in [0.25, 0.3) is 11.8 Å². The third-order valence-corrected chi connectivity index (χ3v) is 6.61. The maximum Gasteiger partial charge on any atom is 0.260 e. The summed E-state index contributed by atoms with van der Waals surface area (Å²) >= 11 is 1.76. The predicted octanol–water partition coefficient (Wildman–Crippen LogP) is 1.95. The van der Waals surface area contributed by atoms with Crippen molar-refractivity contribution in [1.82, 2.24) is 14.7 Å². The smallest absolute Gasteiger partial charge is 0.260 e. The first-order valence-corrected chi connectivity index (χ1v) is 11.7. The Hall–Kier alpha value is -2.62. The zero-order chi connectivity index (χ0) is 22.3. The van der Waals surface area contributed by atoms with E-state index in [2.05, 4.69) is 22.4 Å². The second-order valence-electron chi connectivity index (χ2n) is 7.80. The molecule has 2 saturated heterocycles. The van der Waals surface area contributed by atoms with Gasteiger partial charge in [0.15, 0.2) is 18.1 Å². The van der Waals surface area contributed by atoms with E-state index in [1.54, 1.807) is 34.4 Å². The van der Waals surface area contributed by atoms with Gasteiger partial charge in [0.05, 0.1) is 20.3 Å². The molecule has 2 aliphatic heterocycles. The molecule has 3 heterocycles. The van der Waals surface area contributed by atoms with Crippen molar-refractivity contribution in [1.29, 1.82) is 0 Å². The summed E-state index contributed by atoms with van der Waals surface area (Å²) in [5.41, 5.74) is 0.556. The first kappa shape index (κ1) is 22.6. The summed E-state index contributed by atoms with van der Waals surface area (Å²) in [5, 5.41) is 2.09. The summed E-state index contributed by atoms with van der Waals surface area (Å²) in [6.45, 7) is 6.20. The highest BCUT2D eigenvalue weighted by molar-refractivity contribution is 7.09. The number of benzene rings is 1. The summed E-state index contributed by atoms with van der Waals surface area (Å²) < 4.78 is 16.4. The van der Waals surface area contributed by atoms with E-state index < -0.39 is 0 Å². The molecule has 9 heteroatoms. The lowest BCUT2D eigenvalue weighted by molar-refractivity contribution is -0.137. The number of rotatable bonds is 7. The number of nitrogens with zero attached hydrogens (tertiary/aromatic N) is 3. The Balaban J connectivity index is 1.31. The van der Waals surface area contributed by atoms with Crippen LogP contribution >= 0.6 is 11.3 Å². The van der Waals surface area contributed by atoms with Crippen molar-refractivity contribution in [2.45, 2.75) is 6.54 Å². The van der Waals surface area contributed by atoms with Crippen LogP contribution in [0.15, 0.2) is 35.7 Å². The molecule has 2 aromatic rings. The van der Waals surface area contributed by atoms with Gasteiger partial charge in [0.2, 0.25) is 0 Å². The molecule has 1 aromatic heterocycles. The molecule has 8 nitrogen and oxygen atoms in total. The molecule has 2 amide bonds. The predicted molar refractivity (Wildman–Crippen MR) is 121 cm³/mol. The molecule has 0 aliphatic carbocycles. The van der Waals surface area contributed by atoms with Crippen LogP contribution in [0.3, 0.4) is 0 Å². The van der Waals surface area contributed by atoms with Crippen LogP contribution in [-0.4, -0.2) is 92.7 Å². The van der Waals surface area contributed by atoms with Crippen molar-refractivity contribution in [3.63, 3.8) is 0 Å². The maximum absolute atomic E-state index is 13.0. The van der Waals surface area contributed by atoms with E-state index in [1.807, 2.05) is 4.90 Å². The number of hydrogen-bond acceptors (Lipinski definition) is 7. The van der Waals surface area contributed by atoms with E-state index in [0.29, 0.717) is 56.5 Å². The van der Waals surface area contributed by atoms with Crippen molar-refractivity contribution in [2.75, 3.05) is 66.2 Å². The van der Waals surface area contributed by atoms with Crippen molar-refractivity contribution in [2.24, 2.45) is 0 Å². The van der Waals surface area contributed by atoms with Crippen molar-refractivity contribution in [3.8, 4) is 11.5 Å². The zero-order valence-electron chi connectivity index (χ0n) is 18.3. The lowest BCUT2D eigenvalue weighted by Gasteiger charge is -2.34. The number of carbonyl (C=O) groups is 2. The Morgan fingerprint density at radius 3 is 2.47 bits per heavy atom. The fourth-order valence-corrected chi connectivity index (χ4v) is 4.62. The van der Waals surface area contributed by atoms with E-state index in [4.69, 9.17) is 14.2 Å². The number of amides is 2. The molecule has 2 fully saturated rings. The van der Waals surface area contributed by atoms with Gasteiger partial charge in [0.1, 0.15) is 0 Å². The fraction of sp³-hybridized carbons (Fsp3) is 0.478. The Morgan fingerprint density at radius 2 is 1.78 bits per heavy atom. The van der Waals surface area contributed by atoms with E-state index in [1.165, 1.54) is 12.0 Å². The summed E-state index contributed by atoms with van der Waals surface area (Å²) in [7, 11) is 1.53. The Kier molecular flexibility index (Phi) is 7.62. The molecule has 0 spiro atoms. The lowest BCUT2D eigenvalue weighted by Crippen LogP contribution is -2.48. The Bertz CT molecular complexity index is 906. The molecule has 0 N–H and O–H groups in total. The number of morpholine rings is 1. The molecular formula is C23H29N3O5S. The SMILES string of the molecule is COc1cc(C(=O)N2CCN(Cc3cccs3)CC2)ccc1OCC(=O)N1CCOCC1. The normalized spacial score (nSPS) is 17.3. The van der Waals surface area contributed by atoms with Crippen LogP contribution in [0.5, 0.6) is 11.5 Å². The average Bonchev–Trinajstić information content (AvgIpc) is 3.36. The molecule has 0 unspecified atom stereocenters. The van der Waals surface area contributed by atoms with E-state index >= 15 is 0 Å². The highest BCUT2D eigenvalue weighted by Crippen LogP contribution is 2.29. The second kappa shape index (κ2) is 10.8. The number of thiophene rings is 1. The van der Waals surface area contributed by atoms with Gasteiger partial charge in [-0.2, -0.15) is 0 Å². The fourth-order valence-electron chi connectivity index (χ4n) is 3.88. The number of ether oxygens (including phenoxy) is 3. The quantitative estimate of drug-likeness (QED) is 0.630. The van der Waals surface area contributed by atoms with Gasteiger partial charge >= 0.3 is 0 Å². The van der Waals surface area contributed by atoms with Gasteiger partial charge in [-0.25, -0.2) is 0 Å². The Labute approximate surface area is 192 Å². The largest absolute Gasteiger partial charge is 0.493 e. The van der Waals surface area contributed by atoms with Crippen LogP contribution in [0.4, 0.5) is 0 Å². The van der Waals surface area contributed by atoms with Gasteiger partial charge in [-0.15, -0.1) is 11.3 Å². The van der Waals surface area contributed by atoms with Gasteiger partial charge in [-0.1, -0.05) is 6.07 Å². The summed E-state index contributed by atoms with van der Waals surface area (Å²) in [6, 6.07) is 9.34. The standard InChI is InChI=1S/C23H29N3O5S/c1-29-21-15-18(4-5-20(21)31-17-22(27)25-10-12-30-13-11-25)23(28)26-8-6-24(7-9-26)16-19-3-2-14-32-19/h2-5,14-15H,6-13,16-17H2,1H3. The third kappa shape index (κ3) is 5.59. The van der Waals surface area contributed by atoms with Gasteiger partial charge < -0.3 is 24.0 Å². The van der Waals surface area contributed by atoms with E-state index in [-0.39, 0.29) is 18.4 Å². The maximum atomic E-state index is 13.0. The van der Waals surface area contributed by atoms with Crippen LogP contribution in [0, 0.1) is 0 Å². The molecule has 32 heavy (non-hydrogen) atoms. The van der Waals surface area contributed by atoms with Crippen molar-refractivity contribution in [3.05, 3.63) is 46.2 Å². The van der Waals surface area contributed by atoms with Gasteiger partial charge in [-0.3, -0.25) is 14.5 Å². The molecule has 4 rings (SSSR count). The monoisotopic (exact) mass is 459 g/mol. The number of carbonyl (C=O) groups excluding carboxylic acids is 2. The van der Waals surface area contributed by atoms with Crippen LogP contribution in [0.25, 0.3) is 0 Å². The molecule has 0 atom stereocenters. The summed E-state index contributed by atoms with van der Waals surface area (Å²) in [6.07, 6.45) is 0. The summed E-state index contributed by atoms with van der Waals surface area (Å²) in [5.74, 6) is 0.791. The second-order valence-corrected chi connectivity index (χ2v) is 8.83. The third-order valence-electron chi connectivity index (χ3n) is 5.74.